The van der Waals surface area contributed by atoms with Crippen LogP contribution in [0.15, 0.2) is 30.3 Å². The number of hydrogen-bond donors (Lipinski definition) is 1. The van der Waals surface area contributed by atoms with Gasteiger partial charge in [-0.05, 0) is 5.56 Å². The number of carbonyl (C=O) groups is 1. The smallest absolute Gasteiger partial charge is 0.255 e. The third kappa shape index (κ3) is 6.25. The lowest BCUT2D eigenvalue weighted by Crippen LogP contribution is -2.43. The number of ether oxygens (including phenoxy) is 1. The van der Waals surface area contributed by atoms with Crippen molar-refractivity contribution < 1.29 is 18.3 Å². The van der Waals surface area contributed by atoms with E-state index in [1.165, 1.54) is 7.11 Å². The Kier molecular flexibility index (Phi) is 9.89. The normalized spacial score (nSPS) is 13.4. The fourth-order valence-corrected chi connectivity index (χ4v) is 2.07. The van der Waals surface area contributed by atoms with Crippen molar-refractivity contribution in [1.29, 1.82) is 0 Å². The molecule has 0 aliphatic rings. The van der Waals surface area contributed by atoms with Crippen molar-refractivity contribution in [2.24, 2.45) is 11.7 Å². The molecule has 1 aromatic rings. The maximum atomic E-state index is 12.6. The molecule has 0 aliphatic carbocycles. The zero-order valence-electron chi connectivity index (χ0n) is 12.7. The average molecular weight is 337 g/mol. The van der Waals surface area contributed by atoms with Crippen LogP contribution in [0.3, 0.4) is 0 Å². The third-order valence-corrected chi connectivity index (χ3v) is 3.35. The summed E-state index contributed by atoms with van der Waals surface area (Å²) < 4.78 is 30.0. The van der Waals surface area contributed by atoms with Crippen LogP contribution in [0.25, 0.3) is 0 Å². The number of halogens is 3. The number of nitrogens with two attached hydrogens (primary N) is 1. The van der Waals surface area contributed by atoms with E-state index in [2.05, 4.69) is 0 Å². The molecule has 2 atom stereocenters. The van der Waals surface area contributed by atoms with E-state index < -0.39 is 24.9 Å². The molecule has 1 rings (SSSR count). The van der Waals surface area contributed by atoms with Crippen molar-refractivity contribution in [3.63, 3.8) is 0 Å². The first-order chi connectivity index (χ1) is 9.97. The molecule has 0 saturated carbocycles. The van der Waals surface area contributed by atoms with Gasteiger partial charge >= 0.3 is 0 Å². The molecular weight excluding hydrogens is 314 g/mol. The Morgan fingerprint density at radius 1 is 1.32 bits per heavy atom. The zero-order chi connectivity index (χ0) is 15.8. The predicted octanol–water partition coefficient (Wildman–Crippen LogP) is 2.48. The maximum absolute atomic E-state index is 12.6. The Labute approximate surface area is 136 Å². The van der Waals surface area contributed by atoms with E-state index in [1.807, 2.05) is 30.3 Å². The zero-order valence-corrected chi connectivity index (χ0v) is 13.6. The maximum Gasteiger partial charge on any atom is 0.255 e. The number of methoxy groups -OCH3 is 1. The first-order valence-electron chi connectivity index (χ1n) is 6.83. The largest absolute Gasteiger partial charge is 0.383 e. The molecule has 1 amide bonds. The summed E-state index contributed by atoms with van der Waals surface area (Å²) in [5.41, 5.74) is 6.88. The standard InChI is InChI=1S/C15H22F2N2O2.ClH/c1-11(14(18)12-6-4-3-5-7-12)15(20)19(8-9-21-2)10-13(16)17;/h3-7,11,13-14H,8-10,18H2,1-2H3;1H. The molecule has 0 radical (unpaired) electrons. The van der Waals surface area contributed by atoms with Crippen molar-refractivity contribution in [3.05, 3.63) is 35.9 Å². The molecule has 2 N–H and O–H groups in total. The number of alkyl halides is 2. The second-order valence-electron chi connectivity index (χ2n) is 4.89. The molecular formula is C15H23ClF2N2O2. The minimum atomic E-state index is -2.58. The lowest BCUT2D eigenvalue weighted by molar-refractivity contribution is -0.138. The summed E-state index contributed by atoms with van der Waals surface area (Å²) in [6, 6.07) is 8.62. The van der Waals surface area contributed by atoms with Gasteiger partial charge in [-0.15, -0.1) is 12.4 Å². The Morgan fingerprint density at radius 2 is 1.91 bits per heavy atom. The first kappa shape index (κ1) is 20.8. The molecule has 7 heteroatoms. The van der Waals surface area contributed by atoms with Crippen molar-refractivity contribution >= 4 is 18.3 Å². The van der Waals surface area contributed by atoms with E-state index in [-0.39, 0.29) is 31.5 Å². The minimum absolute atomic E-state index is 0. The number of carbonyl (C=O) groups excluding carboxylic acids is 1. The molecule has 0 fully saturated rings. The van der Waals surface area contributed by atoms with Gasteiger partial charge < -0.3 is 15.4 Å². The number of benzene rings is 1. The topological polar surface area (TPSA) is 55.6 Å². The van der Waals surface area contributed by atoms with Crippen LogP contribution in [-0.4, -0.2) is 44.0 Å². The average Bonchev–Trinajstić information content (AvgIpc) is 2.49. The van der Waals surface area contributed by atoms with E-state index in [4.69, 9.17) is 10.5 Å². The van der Waals surface area contributed by atoms with Crippen LogP contribution < -0.4 is 5.73 Å². The Hall–Kier alpha value is -1.24. The van der Waals surface area contributed by atoms with Gasteiger partial charge in [-0.1, -0.05) is 37.3 Å². The lowest BCUT2D eigenvalue weighted by Gasteiger charge is -2.28. The van der Waals surface area contributed by atoms with Gasteiger partial charge in [0.2, 0.25) is 5.91 Å². The second kappa shape index (κ2) is 10.5. The third-order valence-electron chi connectivity index (χ3n) is 3.35. The van der Waals surface area contributed by atoms with Crippen LogP contribution in [0.5, 0.6) is 0 Å². The summed E-state index contributed by atoms with van der Waals surface area (Å²) >= 11 is 0. The van der Waals surface area contributed by atoms with Gasteiger partial charge in [0.25, 0.3) is 6.43 Å². The molecule has 0 spiro atoms. The fraction of sp³-hybridized carbons (Fsp3) is 0.533. The summed E-state index contributed by atoms with van der Waals surface area (Å²) in [5, 5.41) is 0. The van der Waals surface area contributed by atoms with Gasteiger partial charge in [0.15, 0.2) is 0 Å². The minimum Gasteiger partial charge on any atom is -0.383 e. The molecule has 0 aliphatic heterocycles. The highest BCUT2D eigenvalue weighted by molar-refractivity contribution is 5.85. The van der Waals surface area contributed by atoms with Crippen LogP contribution >= 0.6 is 12.4 Å². The van der Waals surface area contributed by atoms with E-state index in [0.29, 0.717) is 0 Å². The van der Waals surface area contributed by atoms with Gasteiger partial charge in [0.1, 0.15) is 0 Å². The van der Waals surface area contributed by atoms with Crippen LogP contribution in [0.4, 0.5) is 8.78 Å². The first-order valence-corrected chi connectivity index (χ1v) is 6.83. The van der Waals surface area contributed by atoms with Crippen molar-refractivity contribution in [2.45, 2.75) is 19.4 Å². The van der Waals surface area contributed by atoms with Gasteiger partial charge in [0, 0.05) is 19.7 Å². The molecule has 1 aromatic carbocycles. The molecule has 22 heavy (non-hydrogen) atoms. The highest BCUT2D eigenvalue weighted by Crippen LogP contribution is 2.21. The van der Waals surface area contributed by atoms with Crippen LogP contribution in [0.1, 0.15) is 18.5 Å². The van der Waals surface area contributed by atoms with E-state index in [1.54, 1.807) is 6.92 Å². The Balaban J connectivity index is 0.00000441. The number of amides is 1. The quantitative estimate of drug-likeness (QED) is 0.793. The SMILES string of the molecule is COCCN(CC(F)F)C(=O)C(C)C(N)c1ccccc1.Cl. The molecule has 4 nitrogen and oxygen atoms in total. The van der Waals surface area contributed by atoms with Crippen LogP contribution in [0, 0.1) is 5.92 Å². The van der Waals surface area contributed by atoms with Gasteiger partial charge in [-0.2, -0.15) is 0 Å². The summed E-state index contributed by atoms with van der Waals surface area (Å²) in [5.74, 6) is -0.966. The number of rotatable bonds is 8. The van der Waals surface area contributed by atoms with Crippen LogP contribution in [-0.2, 0) is 9.53 Å². The Bertz CT molecular complexity index is 435. The molecule has 0 saturated heterocycles. The second-order valence-corrected chi connectivity index (χ2v) is 4.89. The predicted molar refractivity (Wildman–Crippen MR) is 84.2 cm³/mol. The Morgan fingerprint density at radius 3 is 2.41 bits per heavy atom. The summed E-state index contributed by atoms with van der Waals surface area (Å²) in [6.07, 6.45) is -2.58. The monoisotopic (exact) mass is 336 g/mol. The highest BCUT2D eigenvalue weighted by Gasteiger charge is 2.28. The van der Waals surface area contributed by atoms with E-state index >= 15 is 0 Å². The summed E-state index contributed by atoms with van der Waals surface area (Å²) in [6.45, 7) is 1.40. The van der Waals surface area contributed by atoms with Gasteiger partial charge in [-0.25, -0.2) is 8.78 Å². The van der Waals surface area contributed by atoms with Crippen molar-refractivity contribution in [1.82, 2.24) is 4.90 Å². The molecule has 0 heterocycles. The molecule has 2 unspecified atom stereocenters. The molecule has 0 aromatic heterocycles. The summed E-state index contributed by atoms with van der Waals surface area (Å²) in [4.78, 5) is 13.5. The van der Waals surface area contributed by atoms with Crippen molar-refractivity contribution in [2.75, 3.05) is 26.8 Å². The van der Waals surface area contributed by atoms with E-state index in [9.17, 15) is 13.6 Å². The fourth-order valence-electron chi connectivity index (χ4n) is 2.07. The van der Waals surface area contributed by atoms with Crippen molar-refractivity contribution in [3.8, 4) is 0 Å². The van der Waals surface area contributed by atoms with Gasteiger partial charge in [0.05, 0.1) is 19.1 Å². The number of nitrogens with zero attached hydrogens (tertiary/aromatic N) is 1. The lowest BCUT2D eigenvalue weighted by atomic mass is 9.94. The highest BCUT2D eigenvalue weighted by atomic mass is 35.5. The summed E-state index contributed by atoms with van der Waals surface area (Å²) in [7, 11) is 1.46. The van der Waals surface area contributed by atoms with Crippen LogP contribution in [0.2, 0.25) is 0 Å². The van der Waals surface area contributed by atoms with Gasteiger partial charge in [-0.3, -0.25) is 4.79 Å². The number of hydrogen-bond acceptors (Lipinski definition) is 3. The molecule has 0 bridgehead atoms. The molecule has 126 valence electrons. The van der Waals surface area contributed by atoms with E-state index in [0.717, 1.165) is 10.5 Å².